The molecule has 0 fully saturated rings. The lowest BCUT2D eigenvalue weighted by molar-refractivity contribution is 0.102. The van der Waals surface area contributed by atoms with E-state index in [1.807, 2.05) is 31.2 Å². The molecule has 0 saturated heterocycles. The topological polar surface area (TPSA) is 54.0 Å². The highest BCUT2D eigenvalue weighted by Crippen LogP contribution is 2.21. The van der Waals surface area contributed by atoms with Crippen LogP contribution in [0.1, 0.15) is 21.5 Å². The second-order valence-electron chi connectivity index (χ2n) is 5.92. The molecular formula is C20H16F3N3O. The van der Waals surface area contributed by atoms with Crippen LogP contribution in [0.4, 0.5) is 24.5 Å². The van der Waals surface area contributed by atoms with Crippen molar-refractivity contribution in [3.05, 3.63) is 89.0 Å². The maximum atomic E-state index is 13.7. The summed E-state index contributed by atoms with van der Waals surface area (Å²) in [6.45, 7) is 2.53. The Morgan fingerprint density at radius 2 is 1.81 bits per heavy atom. The number of anilines is 2. The number of carbonyl (C=O) groups excluding carboxylic acids is 1. The van der Waals surface area contributed by atoms with E-state index in [0.29, 0.717) is 12.2 Å². The zero-order chi connectivity index (χ0) is 19.4. The number of rotatable bonds is 5. The normalized spacial score (nSPS) is 10.5. The molecule has 1 aromatic heterocycles. The van der Waals surface area contributed by atoms with E-state index >= 15 is 0 Å². The first-order valence-electron chi connectivity index (χ1n) is 8.14. The molecule has 0 aliphatic heterocycles. The number of carbonyl (C=O) groups is 1. The van der Waals surface area contributed by atoms with Crippen LogP contribution in [-0.4, -0.2) is 10.9 Å². The van der Waals surface area contributed by atoms with Crippen molar-refractivity contribution in [2.45, 2.75) is 13.5 Å². The zero-order valence-corrected chi connectivity index (χ0v) is 14.4. The Hall–Kier alpha value is -3.35. The van der Waals surface area contributed by atoms with E-state index in [1.165, 1.54) is 6.20 Å². The number of hydrogen-bond donors (Lipinski definition) is 2. The SMILES string of the molecule is Cc1ccccc1CNc1cncc(C(=O)Nc2ccc(F)c(F)c2F)c1. The van der Waals surface area contributed by atoms with Gasteiger partial charge in [0.1, 0.15) is 0 Å². The molecule has 0 aliphatic rings. The first kappa shape index (κ1) is 18.4. The first-order chi connectivity index (χ1) is 13.0. The molecule has 0 radical (unpaired) electrons. The first-order valence-corrected chi connectivity index (χ1v) is 8.14. The molecule has 4 nitrogen and oxygen atoms in total. The molecule has 0 atom stereocenters. The smallest absolute Gasteiger partial charge is 0.257 e. The third-order valence-electron chi connectivity index (χ3n) is 4.03. The van der Waals surface area contributed by atoms with Gasteiger partial charge in [-0.2, -0.15) is 0 Å². The summed E-state index contributed by atoms with van der Waals surface area (Å²) in [4.78, 5) is 16.3. The predicted octanol–water partition coefficient (Wildman–Crippen LogP) is 4.67. The van der Waals surface area contributed by atoms with E-state index in [0.717, 1.165) is 23.3 Å². The van der Waals surface area contributed by atoms with Crippen LogP contribution in [0.5, 0.6) is 0 Å². The van der Waals surface area contributed by atoms with Crippen molar-refractivity contribution >= 4 is 17.3 Å². The van der Waals surface area contributed by atoms with Gasteiger partial charge in [-0.15, -0.1) is 0 Å². The van der Waals surface area contributed by atoms with Gasteiger partial charge >= 0.3 is 0 Å². The van der Waals surface area contributed by atoms with Crippen LogP contribution in [0.15, 0.2) is 54.9 Å². The van der Waals surface area contributed by atoms with Gasteiger partial charge in [0.25, 0.3) is 5.91 Å². The minimum Gasteiger partial charge on any atom is -0.380 e. The Morgan fingerprint density at radius 3 is 2.59 bits per heavy atom. The second-order valence-corrected chi connectivity index (χ2v) is 5.92. The summed E-state index contributed by atoms with van der Waals surface area (Å²) in [6, 6.07) is 11.1. The molecule has 0 aliphatic carbocycles. The van der Waals surface area contributed by atoms with Gasteiger partial charge < -0.3 is 10.6 Å². The lowest BCUT2D eigenvalue weighted by Gasteiger charge is -2.11. The summed E-state index contributed by atoms with van der Waals surface area (Å²) >= 11 is 0. The minimum absolute atomic E-state index is 0.147. The summed E-state index contributed by atoms with van der Waals surface area (Å²) in [5.74, 6) is -5.11. The van der Waals surface area contributed by atoms with Crippen LogP contribution in [0.3, 0.4) is 0 Å². The quantitative estimate of drug-likeness (QED) is 0.641. The summed E-state index contributed by atoms with van der Waals surface area (Å²) in [6.07, 6.45) is 2.85. The van der Waals surface area contributed by atoms with Gasteiger partial charge in [-0.05, 0) is 36.2 Å². The van der Waals surface area contributed by atoms with Crippen LogP contribution >= 0.6 is 0 Å². The van der Waals surface area contributed by atoms with Crippen molar-refractivity contribution < 1.29 is 18.0 Å². The van der Waals surface area contributed by atoms with Gasteiger partial charge in [-0.3, -0.25) is 9.78 Å². The number of benzene rings is 2. The molecule has 138 valence electrons. The lowest BCUT2D eigenvalue weighted by atomic mass is 10.1. The lowest BCUT2D eigenvalue weighted by Crippen LogP contribution is -2.14. The van der Waals surface area contributed by atoms with Crippen molar-refractivity contribution in [3.63, 3.8) is 0 Å². The van der Waals surface area contributed by atoms with Crippen LogP contribution in [0.2, 0.25) is 0 Å². The molecule has 27 heavy (non-hydrogen) atoms. The Bertz CT molecular complexity index is 992. The molecule has 0 bridgehead atoms. The van der Waals surface area contributed by atoms with Gasteiger partial charge in [0.15, 0.2) is 17.5 Å². The molecule has 7 heteroatoms. The molecule has 0 spiro atoms. The maximum absolute atomic E-state index is 13.7. The van der Waals surface area contributed by atoms with Gasteiger partial charge in [-0.25, -0.2) is 13.2 Å². The molecular weight excluding hydrogens is 355 g/mol. The maximum Gasteiger partial charge on any atom is 0.257 e. The molecule has 3 aromatic rings. The fraction of sp³-hybridized carbons (Fsp3) is 0.100. The molecule has 3 rings (SSSR count). The Kier molecular flexibility index (Phi) is 5.40. The summed E-state index contributed by atoms with van der Waals surface area (Å²) < 4.78 is 40.0. The highest BCUT2D eigenvalue weighted by Gasteiger charge is 2.16. The number of aromatic nitrogens is 1. The van der Waals surface area contributed by atoms with Crippen LogP contribution in [0, 0.1) is 24.4 Å². The molecule has 2 N–H and O–H groups in total. The highest BCUT2D eigenvalue weighted by molar-refractivity contribution is 6.04. The summed E-state index contributed by atoms with van der Waals surface area (Å²) in [5, 5.41) is 5.38. The van der Waals surface area contributed by atoms with E-state index in [2.05, 4.69) is 15.6 Å². The van der Waals surface area contributed by atoms with Gasteiger partial charge in [0, 0.05) is 18.9 Å². The van der Waals surface area contributed by atoms with E-state index in [4.69, 9.17) is 0 Å². The Labute approximate surface area is 154 Å². The molecule has 1 amide bonds. The van der Waals surface area contributed by atoms with E-state index in [9.17, 15) is 18.0 Å². The number of nitrogens with zero attached hydrogens (tertiary/aromatic N) is 1. The van der Waals surface area contributed by atoms with Gasteiger partial charge in [0.2, 0.25) is 0 Å². The number of pyridine rings is 1. The van der Waals surface area contributed by atoms with Gasteiger partial charge in [-0.1, -0.05) is 24.3 Å². The fourth-order valence-electron chi connectivity index (χ4n) is 2.48. The molecule has 0 unspecified atom stereocenters. The second kappa shape index (κ2) is 7.90. The Balaban J connectivity index is 1.72. The summed E-state index contributed by atoms with van der Waals surface area (Å²) in [7, 11) is 0. The number of nitrogens with one attached hydrogen (secondary N) is 2. The number of halogens is 3. The molecule has 2 aromatic carbocycles. The molecule has 1 heterocycles. The highest BCUT2D eigenvalue weighted by atomic mass is 19.2. The molecule has 0 saturated carbocycles. The standard InChI is InChI=1S/C20H16F3N3O/c1-12-4-2-3-5-13(12)10-25-15-8-14(9-24-11-15)20(27)26-17-7-6-16(21)18(22)19(17)23/h2-9,11,25H,10H2,1H3,(H,26,27). The number of aryl methyl sites for hydroxylation is 1. The van der Waals surface area contributed by atoms with Crippen molar-refractivity contribution in [2.75, 3.05) is 10.6 Å². The van der Waals surface area contributed by atoms with Crippen molar-refractivity contribution in [3.8, 4) is 0 Å². The van der Waals surface area contributed by atoms with Crippen molar-refractivity contribution in [1.29, 1.82) is 0 Å². The van der Waals surface area contributed by atoms with Gasteiger partial charge in [0.05, 0.1) is 16.9 Å². The number of amides is 1. The van der Waals surface area contributed by atoms with Crippen molar-refractivity contribution in [1.82, 2.24) is 4.98 Å². The van der Waals surface area contributed by atoms with E-state index < -0.39 is 29.0 Å². The monoisotopic (exact) mass is 371 g/mol. The third kappa shape index (κ3) is 4.25. The number of hydrogen-bond acceptors (Lipinski definition) is 3. The van der Waals surface area contributed by atoms with Crippen LogP contribution < -0.4 is 10.6 Å². The summed E-state index contributed by atoms with van der Waals surface area (Å²) in [5.41, 5.74) is 2.51. The average molecular weight is 371 g/mol. The van der Waals surface area contributed by atoms with Crippen molar-refractivity contribution in [2.24, 2.45) is 0 Å². The zero-order valence-electron chi connectivity index (χ0n) is 14.4. The van der Waals surface area contributed by atoms with Crippen LogP contribution in [0.25, 0.3) is 0 Å². The van der Waals surface area contributed by atoms with E-state index in [-0.39, 0.29) is 5.56 Å². The average Bonchev–Trinajstić information content (AvgIpc) is 2.68. The van der Waals surface area contributed by atoms with Crippen LogP contribution in [-0.2, 0) is 6.54 Å². The predicted molar refractivity (Wildman–Crippen MR) is 97.0 cm³/mol. The minimum atomic E-state index is -1.64. The van der Waals surface area contributed by atoms with E-state index in [1.54, 1.807) is 12.3 Å². The fourth-order valence-corrected chi connectivity index (χ4v) is 2.48. The largest absolute Gasteiger partial charge is 0.380 e. The Morgan fingerprint density at radius 1 is 1.04 bits per heavy atom. The third-order valence-corrected chi connectivity index (χ3v) is 4.03.